The van der Waals surface area contributed by atoms with Crippen LogP contribution in [0.5, 0.6) is 0 Å². The zero-order valence-corrected chi connectivity index (χ0v) is 13.7. The molecule has 128 valence electrons. The molecule has 5 nitrogen and oxygen atoms in total. The number of morpholine rings is 1. The standard InChI is InChI=1S/C18H22FN3O2/c1-21-8-2-3-16(21)17(22-9-11-24-12-10-22)13-20-18(23)14-4-6-15(19)7-5-14/h2-8,17H,9-13H2,1H3,(H,20,23)/t17-/m0/s1. The second-order valence-electron chi connectivity index (χ2n) is 5.93. The number of hydrogen-bond donors (Lipinski definition) is 1. The molecule has 1 aromatic heterocycles. The fourth-order valence-corrected chi connectivity index (χ4v) is 3.02. The Labute approximate surface area is 141 Å². The van der Waals surface area contributed by atoms with E-state index in [4.69, 9.17) is 4.74 Å². The number of amides is 1. The number of nitrogens with zero attached hydrogens (tertiary/aromatic N) is 2. The van der Waals surface area contributed by atoms with E-state index in [2.05, 4.69) is 20.9 Å². The van der Waals surface area contributed by atoms with Crippen LogP contribution in [0.3, 0.4) is 0 Å². The molecule has 1 aromatic carbocycles. The summed E-state index contributed by atoms with van der Waals surface area (Å²) in [7, 11) is 2.00. The summed E-state index contributed by atoms with van der Waals surface area (Å²) in [5, 5.41) is 2.97. The van der Waals surface area contributed by atoms with Gasteiger partial charge >= 0.3 is 0 Å². The lowest BCUT2D eigenvalue weighted by molar-refractivity contribution is 0.0148. The Balaban J connectivity index is 1.70. The predicted molar refractivity (Wildman–Crippen MR) is 89.3 cm³/mol. The average Bonchev–Trinajstić information content (AvgIpc) is 3.02. The van der Waals surface area contributed by atoms with E-state index in [-0.39, 0.29) is 17.8 Å². The van der Waals surface area contributed by atoms with Crippen LogP contribution in [-0.4, -0.2) is 48.2 Å². The minimum atomic E-state index is -0.346. The number of carbonyl (C=O) groups excluding carboxylic acids is 1. The van der Waals surface area contributed by atoms with Crippen LogP contribution in [0.4, 0.5) is 4.39 Å². The minimum Gasteiger partial charge on any atom is -0.379 e. The van der Waals surface area contributed by atoms with E-state index in [1.54, 1.807) is 0 Å². The molecule has 2 heterocycles. The van der Waals surface area contributed by atoms with Gasteiger partial charge in [0, 0.05) is 44.1 Å². The van der Waals surface area contributed by atoms with Crippen molar-refractivity contribution >= 4 is 5.91 Å². The van der Waals surface area contributed by atoms with Crippen LogP contribution in [0.2, 0.25) is 0 Å². The Morgan fingerprint density at radius 2 is 1.96 bits per heavy atom. The Morgan fingerprint density at radius 1 is 1.25 bits per heavy atom. The number of ether oxygens (including phenoxy) is 1. The van der Waals surface area contributed by atoms with Gasteiger partial charge in [-0.3, -0.25) is 9.69 Å². The number of carbonyl (C=O) groups is 1. The third-order valence-electron chi connectivity index (χ3n) is 4.37. The molecule has 1 saturated heterocycles. The van der Waals surface area contributed by atoms with Crippen molar-refractivity contribution in [3.8, 4) is 0 Å². The smallest absolute Gasteiger partial charge is 0.251 e. The van der Waals surface area contributed by atoms with Crippen LogP contribution in [0.15, 0.2) is 42.6 Å². The van der Waals surface area contributed by atoms with E-state index in [1.807, 2.05) is 19.3 Å². The molecule has 0 spiro atoms. The Hall–Kier alpha value is -2.18. The molecule has 3 rings (SSSR count). The Bertz CT molecular complexity index is 678. The van der Waals surface area contributed by atoms with Gasteiger partial charge < -0.3 is 14.6 Å². The van der Waals surface area contributed by atoms with Crippen molar-refractivity contribution in [2.45, 2.75) is 6.04 Å². The molecule has 0 saturated carbocycles. The van der Waals surface area contributed by atoms with Gasteiger partial charge in [-0.05, 0) is 36.4 Å². The maximum absolute atomic E-state index is 13.0. The van der Waals surface area contributed by atoms with Crippen molar-refractivity contribution < 1.29 is 13.9 Å². The SMILES string of the molecule is Cn1cccc1[C@H](CNC(=O)c1ccc(F)cc1)N1CCOCC1. The van der Waals surface area contributed by atoms with Crippen molar-refractivity contribution in [2.75, 3.05) is 32.8 Å². The van der Waals surface area contributed by atoms with E-state index in [9.17, 15) is 9.18 Å². The van der Waals surface area contributed by atoms with Crippen LogP contribution in [0, 0.1) is 5.82 Å². The molecular weight excluding hydrogens is 309 g/mol. The summed E-state index contributed by atoms with van der Waals surface area (Å²) in [5.41, 5.74) is 1.61. The van der Waals surface area contributed by atoms with Gasteiger partial charge in [0.1, 0.15) is 5.82 Å². The number of aromatic nitrogens is 1. The van der Waals surface area contributed by atoms with Crippen LogP contribution in [0.1, 0.15) is 22.1 Å². The van der Waals surface area contributed by atoms with Gasteiger partial charge in [-0.1, -0.05) is 0 Å². The third kappa shape index (κ3) is 3.83. The van der Waals surface area contributed by atoms with E-state index in [0.717, 1.165) is 18.8 Å². The van der Waals surface area contributed by atoms with Gasteiger partial charge in [-0.25, -0.2) is 4.39 Å². The Kier molecular flexibility index (Phi) is 5.27. The molecule has 0 aliphatic carbocycles. The second kappa shape index (κ2) is 7.59. The highest BCUT2D eigenvalue weighted by atomic mass is 19.1. The van der Waals surface area contributed by atoms with E-state index in [0.29, 0.717) is 25.3 Å². The highest BCUT2D eigenvalue weighted by Crippen LogP contribution is 2.21. The first-order valence-corrected chi connectivity index (χ1v) is 8.12. The topological polar surface area (TPSA) is 46.5 Å². The first-order chi connectivity index (χ1) is 11.6. The summed E-state index contributed by atoms with van der Waals surface area (Å²) in [4.78, 5) is 14.6. The molecular formula is C18H22FN3O2. The van der Waals surface area contributed by atoms with Crippen molar-refractivity contribution in [1.82, 2.24) is 14.8 Å². The zero-order chi connectivity index (χ0) is 16.9. The van der Waals surface area contributed by atoms with Crippen LogP contribution in [-0.2, 0) is 11.8 Å². The van der Waals surface area contributed by atoms with Crippen molar-refractivity contribution in [3.05, 3.63) is 59.7 Å². The molecule has 2 aromatic rings. The maximum Gasteiger partial charge on any atom is 0.251 e. The average molecular weight is 331 g/mol. The fourth-order valence-electron chi connectivity index (χ4n) is 3.02. The normalized spacial score (nSPS) is 16.8. The van der Waals surface area contributed by atoms with Gasteiger partial charge in [0.15, 0.2) is 0 Å². The summed E-state index contributed by atoms with van der Waals surface area (Å²) < 4.78 is 20.5. The van der Waals surface area contributed by atoms with Gasteiger partial charge in [0.05, 0.1) is 19.3 Å². The van der Waals surface area contributed by atoms with Crippen LogP contribution >= 0.6 is 0 Å². The minimum absolute atomic E-state index is 0.0818. The first kappa shape index (κ1) is 16.7. The molecule has 1 amide bonds. The summed E-state index contributed by atoms with van der Waals surface area (Å²) >= 11 is 0. The quantitative estimate of drug-likeness (QED) is 0.911. The Morgan fingerprint density at radius 3 is 2.58 bits per heavy atom. The first-order valence-electron chi connectivity index (χ1n) is 8.12. The van der Waals surface area contributed by atoms with E-state index < -0.39 is 0 Å². The number of hydrogen-bond acceptors (Lipinski definition) is 3. The van der Waals surface area contributed by atoms with Crippen molar-refractivity contribution in [1.29, 1.82) is 0 Å². The molecule has 24 heavy (non-hydrogen) atoms. The number of benzene rings is 1. The number of aryl methyl sites for hydroxylation is 1. The molecule has 1 aliphatic rings. The second-order valence-corrected chi connectivity index (χ2v) is 5.93. The van der Waals surface area contributed by atoms with Crippen molar-refractivity contribution in [3.63, 3.8) is 0 Å². The van der Waals surface area contributed by atoms with Gasteiger partial charge in [-0.15, -0.1) is 0 Å². The monoisotopic (exact) mass is 331 g/mol. The molecule has 0 radical (unpaired) electrons. The number of rotatable bonds is 5. The van der Waals surface area contributed by atoms with Gasteiger partial charge in [0.25, 0.3) is 5.91 Å². The third-order valence-corrected chi connectivity index (χ3v) is 4.37. The summed E-state index contributed by atoms with van der Waals surface area (Å²) in [6.07, 6.45) is 2.00. The van der Waals surface area contributed by atoms with E-state index in [1.165, 1.54) is 24.3 Å². The van der Waals surface area contributed by atoms with Crippen LogP contribution < -0.4 is 5.32 Å². The molecule has 1 aliphatic heterocycles. The molecule has 6 heteroatoms. The molecule has 1 fully saturated rings. The summed E-state index contributed by atoms with van der Waals surface area (Å²) in [6, 6.07) is 9.75. The lowest BCUT2D eigenvalue weighted by Crippen LogP contribution is -2.44. The molecule has 1 N–H and O–H groups in total. The lowest BCUT2D eigenvalue weighted by Gasteiger charge is -2.35. The van der Waals surface area contributed by atoms with Crippen LogP contribution in [0.25, 0.3) is 0 Å². The molecule has 0 unspecified atom stereocenters. The lowest BCUT2D eigenvalue weighted by atomic mass is 10.1. The summed E-state index contributed by atoms with van der Waals surface area (Å²) in [6.45, 7) is 3.57. The van der Waals surface area contributed by atoms with Gasteiger partial charge in [0.2, 0.25) is 0 Å². The van der Waals surface area contributed by atoms with Gasteiger partial charge in [-0.2, -0.15) is 0 Å². The highest BCUT2D eigenvalue weighted by molar-refractivity contribution is 5.94. The predicted octanol–water partition coefficient (Wildman–Crippen LogP) is 1.97. The largest absolute Gasteiger partial charge is 0.379 e. The number of nitrogens with one attached hydrogen (secondary N) is 1. The zero-order valence-electron chi connectivity index (χ0n) is 13.7. The highest BCUT2D eigenvalue weighted by Gasteiger charge is 2.25. The summed E-state index contributed by atoms with van der Waals surface area (Å²) in [5.74, 6) is -0.538. The molecule has 0 bridgehead atoms. The van der Waals surface area contributed by atoms with Crippen molar-refractivity contribution in [2.24, 2.45) is 7.05 Å². The fraction of sp³-hybridized carbons (Fsp3) is 0.389. The van der Waals surface area contributed by atoms with E-state index >= 15 is 0 Å². The number of halogens is 1. The maximum atomic E-state index is 13.0. The molecule has 1 atom stereocenters.